The highest BCUT2D eigenvalue weighted by atomic mass is 32.2. The van der Waals surface area contributed by atoms with E-state index < -0.39 is 11.0 Å². The Hall–Kier alpha value is -0.240. The second-order valence-electron chi connectivity index (χ2n) is 9.77. The average molecular weight is 422 g/mol. The van der Waals surface area contributed by atoms with Gasteiger partial charge in [-0.2, -0.15) is 0 Å². The van der Waals surface area contributed by atoms with E-state index in [2.05, 4.69) is 35.9 Å². The zero-order valence-electron chi connectivity index (χ0n) is 18.4. The van der Waals surface area contributed by atoms with Gasteiger partial charge in [0.05, 0.1) is 15.7 Å². The fraction of sp³-hybridized carbons (Fsp3) is 0.750. The van der Waals surface area contributed by atoms with Crippen molar-refractivity contribution in [3.63, 3.8) is 0 Å². The molecule has 28 heavy (non-hydrogen) atoms. The summed E-state index contributed by atoms with van der Waals surface area (Å²) < 4.78 is 15.9. The number of hydrogen-bond donors (Lipinski definition) is 1. The SMILES string of the molecule is CC(NS(=O)C(C)(C)C)c1ccccc1P(C1CCCCC1)C1CCCCC1. The largest absolute Gasteiger partial charge is 0.242 e. The number of rotatable bonds is 6. The van der Waals surface area contributed by atoms with Crippen molar-refractivity contribution in [2.75, 3.05) is 0 Å². The van der Waals surface area contributed by atoms with Crippen LogP contribution in [-0.2, 0) is 11.0 Å². The van der Waals surface area contributed by atoms with Gasteiger partial charge in [0.1, 0.15) is 0 Å². The first-order valence-electron chi connectivity index (χ1n) is 11.4. The van der Waals surface area contributed by atoms with Crippen LogP contribution >= 0.6 is 7.92 Å². The predicted molar refractivity (Wildman–Crippen MR) is 126 cm³/mol. The van der Waals surface area contributed by atoms with Crippen LogP contribution in [0.15, 0.2) is 24.3 Å². The summed E-state index contributed by atoms with van der Waals surface area (Å²) in [5.41, 5.74) is 3.20. The van der Waals surface area contributed by atoms with Crippen LogP contribution < -0.4 is 10.0 Å². The van der Waals surface area contributed by atoms with E-state index in [9.17, 15) is 4.21 Å². The van der Waals surface area contributed by atoms with Gasteiger partial charge in [-0.05, 0) is 75.6 Å². The van der Waals surface area contributed by atoms with Crippen LogP contribution in [0.5, 0.6) is 0 Å². The Bertz CT molecular complexity index is 626. The minimum absolute atomic E-state index is 0.133. The summed E-state index contributed by atoms with van der Waals surface area (Å²) in [6.07, 6.45) is 14.2. The number of nitrogens with one attached hydrogen (secondary N) is 1. The molecule has 2 aliphatic rings. The van der Waals surface area contributed by atoms with Crippen molar-refractivity contribution in [2.45, 2.75) is 114 Å². The third-order valence-corrected chi connectivity index (χ3v) is 11.7. The second kappa shape index (κ2) is 10.2. The first-order valence-corrected chi connectivity index (χ1v) is 14.1. The molecule has 2 saturated carbocycles. The lowest BCUT2D eigenvalue weighted by molar-refractivity contribution is 0.487. The molecule has 0 bridgehead atoms. The van der Waals surface area contributed by atoms with Crippen molar-refractivity contribution in [1.29, 1.82) is 0 Å². The second-order valence-corrected chi connectivity index (χ2v) is 14.5. The van der Waals surface area contributed by atoms with Crippen molar-refractivity contribution >= 4 is 24.2 Å². The molecular weight excluding hydrogens is 381 g/mol. The van der Waals surface area contributed by atoms with E-state index in [-0.39, 0.29) is 18.7 Å². The van der Waals surface area contributed by atoms with Crippen LogP contribution in [0.2, 0.25) is 0 Å². The van der Waals surface area contributed by atoms with Crippen molar-refractivity contribution in [1.82, 2.24) is 4.72 Å². The van der Waals surface area contributed by atoms with E-state index in [4.69, 9.17) is 0 Å². The van der Waals surface area contributed by atoms with Crippen LogP contribution in [0, 0.1) is 0 Å². The monoisotopic (exact) mass is 421 g/mol. The Balaban J connectivity index is 1.90. The lowest BCUT2D eigenvalue weighted by Gasteiger charge is -2.40. The first-order chi connectivity index (χ1) is 13.4. The van der Waals surface area contributed by atoms with Gasteiger partial charge in [-0.3, -0.25) is 0 Å². The van der Waals surface area contributed by atoms with Crippen LogP contribution in [0.25, 0.3) is 0 Å². The van der Waals surface area contributed by atoms with Gasteiger partial charge >= 0.3 is 0 Å². The highest BCUT2D eigenvalue weighted by Crippen LogP contribution is 2.55. The Morgan fingerprint density at radius 2 is 1.43 bits per heavy atom. The van der Waals surface area contributed by atoms with E-state index >= 15 is 0 Å². The highest BCUT2D eigenvalue weighted by molar-refractivity contribution is 7.84. The van der Waals surface area contributed by atoms with Crippen LogP contribution in [-0.4, -0.2) is 20.3 Å². The molecule has 2 aliphatic carbocycles. The Morgan fingerprint density at radius 1 is 0.929 bits per heavy atom. The minimum atomic E-state index is -1.04. The van der Waals surface area contributed by atoms with Gasteiger partial charge in [0.2, 0.25) is 0 Å². The maximum absolute atomic E-state index is 12.7. The summed E-state index contributed by atoms with van der Waals surface area (Å²) in [6.45, 7) is 8.35. The molecule has 0 heterocycles. The lowest BCUT2D eigenvalue weighted by Crippen LogP contribution is -2.37. The normalized spacial score (nSPS) is 22.3. The average Bonchev–Trinajstić information content (AvgIpc) is 2.69. The van der Waals surface area contributed by atoms with E-state index in [1.165, 1.54) is 69.8 Å². The Labute approximate surface area is 177 Å². The molecule has 3 rings (SSSR count). The molecule has 2 fully saturated rings. The minimum Gasteiger partial charge on any atom is -0.242 e. The van der Waals surface area contributed by atoms with Crippen molar-refractivity contribution in [2.24, 2.45) is 0 Å². The lowest BCUT2D eigenvalue weighted by atomic mass is 9.99. The summed E-state index contributed by atoms with van der Waals surface area (Å²) in [4.78, 5) is 0. The molecule has 158 valence electrons. The molecular formula is C24H40NOPS. The molecule has 1 N–H and O–H groups in total. The van der Waals surface area contributed by atoms with Crippen molar-refractivity contribution in [3.8, 4) is 0 Å². The van der Waals surface area contributed by atoms with E-state index in [0.29, 0.717) is 0 Å². The zero-order valence-corrected chi connectivity index (χ0v) is 20.1. The van der Waals surface area contributed by atoms with Gasteiger partial charge in [-0.15, -0.1) is 0 Å². The number of hydrogen-bond acceptors (Lipinski definition) is 1. The topological polar surface area (TPSA) is 29.1 Å². The van der Waals surface area contributed by atoms with E-state index in [1.54, 1.807) is 5.30 Å². The molecule has 0 aliphatic heterocycles. The molecule has 2 nitrogen and oxygen atoms in total. The van der Waals surface area contributed by atoms with Gasteiger partial charge < -0.3 is 0 Å². The maximum Gasteiger partial charge on any atom is 0.0975 e. The molecule has 2 unspecified atom stereocenters. The van der Waals surface area contributed by atoms with Gasteiger partial charge in [0.15, 0.2) is 0 Å². The molecule has 0 saturated heterocycles. The standard InChI is InChI=1S/C24H40NOPS/c1-19(25-28(26)24(2,3)4)22-17-11-12-18-23(22)27(20-13-7-5-8-14-20)21-15-9-6-10-16-21/h11-12,17-21,25H,5-10,13-16H2,1-4H3. The molecule has 1 aromatic carbocycles. The summed E-state index contributed by atoms with van der Waals surface area (Å²) >= 11 is 0. The smallest absolute Gasteiger partial charge is 0.0975 e. The molecule has 1 aromatic rings. The highest BCUT2D eigenvalue weighted by Gasteiger charge is 2.34. The molecule has 4 heteroatoms. The van der Waals surface area contributed by atoms with Crippen LogP contribution in [0.4, 0.5) is 0 Å². The Morgan fingerprint density at radius 3 is 1.93 bits per heavy atom. The van der Waals surface area contributed by atoms with E-state index in [1.807, 2.05) is 20.8 Å². The molecule has 0 amide bonds. The summed E-state index contributed by atoms with van der Waals surface area (Å²) in [5.74, 6) is 0. The fourth-order valence-corrected chi connectivity index (χ4v) is 9.75. The van der Waals surface area contributed by atoms with Gasteiger partial charge in [-0.25, -0.2) is 8.93 Å². The van der Waals surface area contributed by atoms with Crippen LogP contribution in [0.3, 0.4) is 0 Å². The fourth-order valence-electron chi connectivity index (χ4n) is 4.90. The first kappa shape index (κ1) is 22.4. The predicted octanol–water partition coefficient (Wildman–Crippen LogP) is 6.57. The van der Waals surface area contributed by atoms with Crippen molar-refractivity contribution < 1.29 is 4.21 Å². The van der Waals surface area contributed by atoms with E-state index in [0.717, 1.165) is 11.3 Å². The summed E-state index contributed by atoms with van der Waals surface area (Å²) in [5, 5.41) is 1.61. The van der Waals surface area contributed by atoms with Crippen LogP contribution in [0.1, 0.15) is 104 Å². The molecule has 0 aromatic heterocycles. The summed E-state index contributed by atoms with van der Waals surface area (Å²) in [7, 11) is -1.18. The van der Waals surface area contributed by atoms with Crippen molar-refractivity contribution in [3.05, 3.63) is 29.8 Å². The van der Waals surface area contributed by atoms with Gasteiger partial charge in [0, 0.05) is 6.04 Å². The maximum atomic E-state index is 12.7. The zero-order chi connectivity index (χ0) is 20.1. The molecule has 0 radical (unpaired) electrons. The molecule has 0 spiro atoms. The quantitative estimate of drug-likeness (QED) is 0.517. The van der Waals surface area contributed by atoms with Gasteiger partial charge in [-0.1, -0.05) is 70.7 Å². The number of benzene rings is 1. The third-order valence-electron chi connectivity index (χ3n) is 6.46. The molecule has 2 atom stereocenters. The summed E-state index contributed by atoms with van der Waals surface area (Å²) in [6, 6.07) is 9.27. The Kier molecular flexibility index (Phi) is 8.16. The third kappa shape index (κ3) is 5.67. The van der Waals surface area contributed by atoms with Gasteiger partial charge in [0.25, 0.3) is 0 Å².